The Morgan fingerprint density at radius 1 is 0.972 bits per heavy atom. The summed E-state index contributed by atoms with van der Waals surface area (Å²) in [6.45, 7) is 15.2. The largest absolute Gasteiger partial charge is 0.344 e. The fraction of sp³-hybridized carbons (Fsp3) is 0.533. The first kappa shape index (κ1) is 26.6. The van der Waals surface area contributed by atoms with Gasteiger partial charge in [-0.05, 0) is 68.1 Å². The molecule has 0 radical (unpaired) electrons. The maximum Gasteiger partial charge on any atom is 0.327 e. The maximum absolute atomic E-state index is 12.4. The number of sulfone groups is 1. The number of fused-ring (bicyclic) bond motifs is 2. The summed E-state index contributed by atoms with van der Waals surface area (Å²) in [5.74, 6) is 1.04. The van der Waals surface area contributed by atoms with Crippen LogP contribution in [0.15, 0.2) is 53.2 Å². The van der Waals surface area contributed by atoms with E-state index in [1.54, 1.807) is 6.07 Å². The number of allylic oxidation sites excluding steroid dienone is 2. The van der Waals surface area contributed by atoms with Crippen molar-refractivity contribution >= 4 is 27.1 Å². The lowest BCUT2D eigenvalue weighted by Crippen LogP contribution is -2.33. The number of pyridine rings is 1. The minimum absolute atomic E-state index is 0.178. The fourth-order valence-electron chi connectivity index (χ4n) is 5.86. The van der Waals surface area contributed by atoms with Crippen molar-refractivity contribution in [3.05, 3.63) is 59.4 Å². The molecule has 5 nitrogen and oxygen atoms in total. The zero-order valence-corrected chi connectivity index (χ0v) is 23.9. The van der Waals surface area contributed by atoms with Crippen molar-refractivity contribution in [1.82, 2.24) is 4.98 Å². The fourth-order valence-corrected chi connectivity index (χ4v) is 6.50. The molecule has 0 spiro atoms. The Kier molecular flexibility index (Phi) is 7.22. The summed E-state index contributed by atoms with van der Waals surface area (Å²) in [6.07, 6.45) is 11.6. The molecule has 0 amide bonds. The standard InChI is InChI=1S/C30H42N3O2S/c1-8-10-11-12-13-19-33-25-17-16-22(36(7,34)35)20-24(25)30(5,6)27(33)21-26-29(3,4)23-15-14-18-31-28(23)32(26)9-2/h14-18,20-21H,8-13,19H2,1-7H3/q+1. The van der Waals surface area contributed by atoms with E-state index in [-0.39, 0.29) is 10.8 Å². The summed E-state index contributed by atoms with van der Waals surface area (Å²) >= 11 is 0. The predicted molar refractivity (Wildman–Crippen MR) is 149 cm³/mol. The van der Waals surface area contributed by atoms with E-state index in [0.29, 0.717) is 4.90 Å². The molecule has 0 N–H and O–H groups in total. The van der Waals surface area contributed by atoms with Gasteiger partial charge >= 0.3 is 5.82 Å². The maximum atomic E-state index is 12.4. The van der Waals surface area contributed by atoms with Gasteiger partial charge in [-0.3, -0.25) is 0 Å². The molecule has 1 aromatic carbocycles. The number of hydrogen-bond donors (Lipinski definition) is 0. The second-order valence-corrected chi connectivity index (χ2v) is 13.3. The molecule has 2 aliphatic rings. The highest BCUT2D eigenvalue weighted by Crippen LogP contribution is 2.49. The predicted octanol–water partition coefficient (Wildman–Crippen LogP) is 6.53. The van der Waals surface area contributed by atoms with E-state index in [1.165, 1.54) is 48.9 Å². The molecular formula is C30H42N3O2S+. The van der Waals surface area contributed by atoms with E-state index in [2.05, 4.69) is 63.2 Å². The minimum atomic E-state index is -3.29. The molecule has 0 aliphatic carbocycles. The van der Waals surface area contributed by atoms with Gasteiger partial charge in [0.05, 0.1) is 22.4 Å². The summed E-state index contributed by atoms with van der Waals surface area (Å²) in [6, 6.07) is 9.89. The number of rotatable bonds is 9. The zero-order valence-electron chi connectivity index (χ0n) is 23.1. The van der Waals surface area contributed by atoms with E-state index >= 15 is 0 Å². The summed E-state index contributed by atoms with van der Waals surface area (Å²) in [5, 5.41) is 0. The second kappa shape index (κ2) is 9.77. The van der Waals surface area contributed by atoms with Crippen molar-refractivity contribution in [1.29, 1.82) is 0 Å². The second-order valence-electron chi connectivity index (χ2n) is 11.3. The van der Waals surface area contributed by atoms with Crippen LogP contribution in [0, 0.1) is 0 Å². The Morgan fingerprint density at radius 2 is 1.69 bits per heavy atom. The molecule has 3 heterocycles. The van der Waals surface area contributed by atoms with E-state index in [1.807, 2.05) is 24.4 Å². The molecule has 2 aliphatic heterocycles. The van der Waals surface area contributed by atoms with Crippen LogP contribution in [0.2, 0.25) is 0 Å². The topological polar surface area (TPSA) is 53.3 Å². The van der Waals surface area contributed by atoms with Crippen molar-refractivity contribution in [3.63, 3.8) is 0 Å². The first-order chi connectivity index (χ1) is 16.9. The van der Waals surface area contributed by atoms with Gasteiger partial charge in [-0.25, -0.2) is 13.0 Å². The monoisotopic (exact) mass is 508 g/mol. The van der Waals surface area contributed by atoms with Gasteiger partial charge in [-0.2, -0.15) is 0 Å². The van der Waals surface area contributed by atoms with Crippen molar-refractivity contribution in [2.75, 3.05) is 24.2 Å². The van der Waals surface area contributed by atoms with Crippen molar-refractivity contribution in [2.24, 2.45) is 0 Å². The molecular weight excluding hydrogens is 466 g/mol. The van der Waals surface area contributed by atoms with Crippen LogP contribution >= 0.6 is 0 Å². The van der Waals surface area contributed by atoms with Crippen LogP contribution < -0.4 is 4.90 Å². The lowest BCUT2D eigenvalue weighted by Gasteiger charge is -2.29. The molecule has 194 valence electrons. The van der Waals surface area contributed by atoms with Crippen molar-refractivity contribution < 1.29 is 13.0 Å². The molecule has 4 rings (SSSR count). The Balaban J connectivity index is 1.85. The number of hydrogen-bond acceptors (Lipinski definition) is 4. The van der Waals surface area contributed by atoms with E-state index in [4.69, 9.17) is 4.98 Å². The average Bonchev–Trinajstić information content (AvgIpc) is 3.17. The lowest BCUT2D eigenvalue weighted by molar-refractivity contribution is -0.437. The molecule has 2 aromatic rings. The third-order valence-corrected chi connectivity index (χ3v) is 9.12. The first-order valence-electron chi connectivity index (χ1n) is 13.4. The van der Waals surface area contributed by atoms with E-state index < -0.39 is 9.84 Å². The Bertz CT molecular complexity index is 1320. The number of aromatic nitrogens is 1. The summed E-state index contributed by atoms with van der Waals surface area (Å²) < 4.78 is 27.1. The Morgan fingerprint density at radius 3 is 2.36 bits per heavy atom. The van der Waals surface area contributed by atoms with Gasteiger partial charge in [-0.1, -0.05) is 46.5 Å². The van der Waals surface area contributed by atoms with Gasteiger partial charge in [0.2, 0.25) is 0 Å². The first-order valence-corrected chi connectivity index (χ1v) is 15.3. The van der Waals surface area contributed by atoms with Crippen molar-refractivity contribution in [3.8, 4) is 0 Å². The third kappa shape index (κ3) is 4.53. The van der Waals surface area contributed by atoms with E-state index in [0.717, 1.165) is 36.6 Å². The Hall–Kier alpha value is -2.47. The third-order valence-electron chi connectivity index (χ3n) is 8.01. The van der Waals surface area contributed by atoms with Gasteiger partial charge in [-0.15, -0.1) is 0 Å². The molecule has 0 saturated heterocycles. The van der Waals surface area contributed by atoms with Crippen LogP contribution in [0.5, 0.6) is 0 Å². The smallest absolute Gasteiger partial charge is 0.327 e. The van der Waals surface area contributed by atoms with Gasteiger partial charge in [0.1, 0.15) is 11.9 Å². The summed E-state index contributed by atoms with van der Waals surface area (Å²) in [7, 11) is -3.29. The zero-order chi connectivity index (χ0) is 26.3. The molecule has 0 bridgehead atoms. The quantitative estimate of drug-likeness (QED) is 0.285. The molecule has 1 aromatic heterocycles. The number of nitrogens with zero attached hydrogens (tertiary/aromatic N) is 3. The Labute approximate surface area is 217 Å². The van der Waals surface area contributed by atoms with Crippen LogP contribution in [0.25, 0.3) is 0 Å². The number of unbranched alkanes of at least 4 members (excludes halogenated alkanes) is 4. The lowest BCUT2D eigenvalue weighted by atomic mass is 9.79. The minimum Gasteiger partial charge on any atom is -0.344 e. The van der Waals surface area contributed by atoms with Gasteiger partial charge in [0.15, 0.2) is 9.84 Å². The van der Waals surface area contributed by atoms with Crippen LogP contribution in [0.1, 0.15) is 84.8 Å². The van der Waals surface area contributed by atoms with Gasteiger partial charge in [0, 0.05) is 35.7 Å². The van der Waals surface area contributed by atoms with Crippen LogP contribution in [0.4, 0.5) is 11.5 Å². The number of anilines is 1. The highest BCUT2D eigenvalue weighted by molar-refractivity contribution is 7.90. The average molecular weight is 509 g/mol. The molecule has 0 fully saturated rings. The van der Waals surface area contributed by atoms with Crippen LogP contribution in [-0.4, -0.2) is 43.0 Å². The van der Waals surface area contributed by atoms with Crippen LogP contribution in [0.3, 0.4) is 0 Å². The van der Waals surface area contributed by atoms with Gasteiger partial charge in [0.25, 0.3) is 0 Å². The van der Waals surface area contributed by atoms with Gasteiger partial charge < -0.3 is 4.90 Å². The highest BCUT2D eigenvalue weighted by Gasteiger charge is 2.46. The molecule has 0 saturated carbocycles. The van der Waals surface area contributed by atoms with Crippen LogP contribution in [-0.2, 0) is 20.7 Å². The number of benzene rings is 1. The molecule has 6 heteroatoms. The summed E-state index contributed by atoms with van der Waals surface area (Å²) in [5.41, 5.74) is 5.43. The van der Waals surface area contributed by atoms with E-state index in [9.17, 15) is 8.42 Å². The molecule has 36 heavy (non-hydrogen) atoms. The molecule has 0 unspecified atom stereocenters. The normalized spacial score (nSPS) is 19.2. The molecule has 0 atom stereocenters. The highest BCUT2D eigenvalue weighted by atomic mass is 32.2. The SMILES string of the molecule is CCCCCCCN1/C(=C\C2=[N+](CC)c3ncccc3C2(C)C)C(C)(C)c2cc(S(C)(=O)=O)ccc21. The van der Waals surface area contributed by atoms with Crippen molar-refractivity contribution in [2.45, 2.75) is 89.4 Å². The summed E-state index contributed by atoms with van der Waals surface area (Å²) in [4.78, 5) is 7.57.